The Morgan fingerprint density at radius 3 is 2.59 bits per heavy atom. The lowest BCUT2D eigenvalue weighted by atomic mass is 9.87. The Balaban J connectivity index is 0.00000144. The van der Waals surface area contributed by atoms with E-state index in [0.29, 0.717) is 23.9 Å². The molecule has 120 valence electrons. The monoisotopic (exact) mass is 320 g/mol. The molecule has 22 heavy (non-hydrogen) atoms. The van der Waals surface area contributed by atoms with E-state index in [1.807, 2.05) is 0 Å². The second-order valence-electron chi connectivity index (χ2n) is 6.94. The molecule has 1 saturated heterocycles. The normalized spacial score (nSPS) is 24.9. The molecule has 0 bridgehead atoms. The van der Waals surface area contributed by atoms with Gasteiger partial charge in [0.15, 0.2) is 0 Å². The second kappa shape index (κ2) is 6.21. The van der Waals surface area contributed by atoms with E-state index >= 15 is 0 Å². The number of carbonyl (C=O) groups is 1. The van der Waals surface area contributed by atoms with Crippen molar-refractivity contribution in [2.75, 3.05) is 13.1 Å². The number of hydrogen-bond acceptors (Lipinski definition) is 2. The predicted octanol–water partition coefficient (Wildman–Crippen LogP) is 2.94. The molecule has 0 spiro atoms. The zero-order chi connectivity index (χ0) is 14.4. The molecule has 4 rings (SSSR count). The van der Waals surface area contributed by atoms with E-state index in [0.717, 1.165) is 25.9 Å². The summed E-state index contributed by atoms with van der Waals surface area (Å²) >= 11 is 0. The maximum absolute atomic E-state index is 13.1. The fraction of sp³-hybridized carbons (Fsp3) is 0.611. The molecule has 2 aliphatic carbocycles. The van der Waals surface area contributed by atoms with Gasteiger partial charge in [0.05, 0.1) is 6.04 Å². The van der Waals surface area contributed by atoms with Gasteiger partial charge in [-0.15, -0.1) is 12.4 Å². The molecular weight excluding hydrogens is 296 g/mol. The molecule has 2 unspecified atom stereocenters. The molecule has 0 radical (unpaired) electrons. The van der Waals surface area contributed by atoms with E-state index < -0.39 is 0 Å². The average Bonchev–Trinajstić information content (AvgIpc) is 3.18. The minimum atomic E-state index is 0. The number of nitrogens with one attached hydrogen (secondary N) is 1. The molecule has 1 aliphatic heterocycles. The van der Waals surface area contributed by atoms with Crippen LogP contribution in [0.15, 0.2) is 24.3 Å². The number of amides is 1. The first-order valence-corrected chi connectivity index (χ1v) is 8.36. The predicted molar refractivity (Wildman–Crippen MR) is 90.1 cm³/mol. The van der Waals surface area contributed by atoms with E-state index in [2.05, 4.69) is 41.4 Å². The molecule has 3 nitrogen and oxygen atoms in total. The van der Waals surface area contributed by atoms with Crippen LogP contribution in [0.5, 0.6) is 0 Å². The highest BCUT2D eigenvalue weighted by molar-refractivity contribution is 5.85. The smallest absolute Gasteiger partial charge is 0.226 e. The molecule has 1 aromatic carbocycles. The number of fused-ring (bicyclic) bond motifs is 1. The summed E-state index contributed by atoms with van der Waals surface area (Å²) in [6, 6.07) is 9.52. The summed E-state index contributed by atoms with van der Waals surface area (Å²) < 4.78 is 0. The van der Waals surface area contributed by atoms with Crippen molar-refractivity contribution in [3.63, 3.8) is 0 Å². The molecule has 1 saturated carbocycles. The minimum absolute atomic E-state index is 0. The fourth-order valence-electron chi connectivity index (χ4n) is 3.87. The molecule has 2 atom stereocenters. The summed E-state index contributed by atoms with van der Waals surface area (Å²) in [6.07, 6.45) is 4.62. The van der Waals surface area contributed by atoms with Crippen LogP contribution in [0.25, 0.3) is 0 Å². The van der Waals surface area contributed by atoms with Gasteiger partial charge in [-0.2, -0.15) is 0 Å². The van der Waals surface area contributed by atoms with Crippen molar-refractivity contribution < 1.29 is 4.79 Å². The fourth-order valence-corrected chi connectivity index (χ4v) is 3.87. The van der Waals surface area contributed by atoms with Gasteiger partial charge in [-0.05, 0) is 55.8 Å². The summed E-state index contributed by atoms with van der Waals surface area (Å²) in [7, 11) is 0. The first-order valence-electron chi connectivity index (χ1n) is 8.36. The molecule has 4 heteroatoms. The van der Waals surface area contributed by atoms with Crippen LogP contribution < -0.4 is 5.32 Å². The largest absolute Gasteiger partial charge is 0.332 e. The van der Waals surface area contributed by atoms with Crippen LogP contribution in [0, 0.1) is 11.8 Å². The van der Waals surface area contributed by atoms with Crippen LogP contribution in [0.2, 0.25) is 0 Å². The molecule has 1 heterocycles. The van der Waals surface area contributed by atoms with Crippen molar-refractivity contribution in [1.82, 2.24) is 10.2 Å². The molecule has 0 aromatic heterocycles. The molecular formula is C18H25ClN2O. The SMILES string of the molecule is CC(C(=O)N(C1CC1)C1CCc2ccccc21)C1CNC1.Cl. The van der Waals surface area contributed by atoms with E-state index in [1.165, 1.54) is 24.0 Å². The lowest BCUT2D eigenvalue weighted by Crippen LogP contribution is -2.51. The molecule has 2 fully saturated rings. The average molecular weight is 321 g/mol. The Hall–Kier alpha value is -1.06. The molecule has 1 aromatic rings. The van der Waals surface area contributed by atoms with Crippen molar-refractivity contribution in [2.24, 2.45) is 11.8 Å². The standard InChI is InChI=1S/C18H24N2O.ClH/c1-12(14-10-19-11-14)18(21)20(15-7-8-15)17-9-6-13-4-2-3-5-16(13)17;/h2-5,12,14-15,17,19H,6-11H2,1H3;1H. The zero-order valence-electron chi connectivity index (χ0n) is 13.1. The Morgan fingerprint density at radius 2 is 1.95 bits per heavy atom. The van der Waals surface area contributed by atoms with Gasteiger partial charge in [0, 0.05) is 12.0 Å². The lowest BCUT2D eigenvalue weighted by molar-refractivity contribution is -0.140. The summed E-state index contributed by atoms with van der Waals surface area (Å²) in [5.41, 5.74) is 2.84. The Kier molecular flexibility index (Phi) is 4.47. The maximum Gasteiger partial charge on any atom is 0.226 e. The summed E-state index contributed by atoms with van der Waals surface area (Å²) in [5, 5.41) is 3.30. The Labute approximate surface area is 138 Å². The number of hydrogen-bond donors (Lipinski definition) is 1. The van der Waals surface area contributed by atoms with Crippen molar-refractivity contribution in [1.29, 1.82) is 0 Å². The van der Waals surface area contributed by atoms with Crippen LogP contribution in [-0.4, -0.2) is 29.9 Å². The van der Waals surface area contributed by atoms with Gasteiger partial charge in [0.2, 0.25) is 5.91 Å². The van der Waals surface area contributed by atoms with Gasteiger partial charge < -0.3 is 10.2 Å². The highest BCUT2D eigenvalue weighted by Crippen LogP contribution is 2.43. The lowest BCUT2D eigenvalue weighted by Gasteiger charge is -2.38. The summed E-state index contributed by atoms with van der Waals surface area (Å²) in [5.74, 6) is 1.10. The van der Waals surface area contributed by atoms with Gasteiger partial charge in [0.25, 0.3) is 0 Å². The molecule has 3 aliphatic rings. The van der Waals surface area contributed by atoms with E-state index in [1.54, 1.807) is 0 Å². The van der Waals surface area contributed by atoms with E-state index in [-0.39, 0.29) is 18.3 Å². The molecule has 1 amide bonds. The number of nitrogens with zero attached hydrogens (tertiary/aromatic N) is 1. The highest BCUT2D eigenvalue weighted by atomic mass is 35.5. The Bertz CT molecular complexity index is 554. The van der Waals surface area contributed by atoms with E-state index in [9.17, 15) is 4.79 Å². The van der Waals surface area contributed by atoms with Crippen LogP contribution in [-0.2, 0) is 11.2 Å². The van der Waals surface area contributed by atoms with Gasteiger partial charge in [-0.3, -0.25) is 4.79 Å². The molecule has 1 N–H and O–H groups in total. The number of carbonyl (C=O) groups excluding carboxylic acids is 1. The van der Waals surface area contributed by atoms with Crippen LogP contribution >= 0.6 is 12.4 Å². The summed E-state index contributed by atoms with van der Waals surface area (Å²) in [4.78, 5) is 15.3. The third-order valence-corrected chi connectivity index (χ3v) is 5.54. The van der Waals surface area contributed by atoms with Crippen LogP contribution in [0.1, 0.15) is 43.4 Å². The van der Waals surface area contributed by atoms with Gasteiger partial charge >= 0.3 is 0 Å². The topological polar surface area (TPSA) is 32.3 Å². The first kappa shape index (κ1) is 15.8. The van der Waals surface area contributed by atoms with Gasteiger partial charge in [-0.25, -0.2) is 0 Å². The third kappa shape index (κ3) is 2.65. The van der Waals surface area contributed by atoms with Crippen molar-refractivity contribution in [3.05, 3.63) is 35.4 Å². The van der Waals surface area contributed by atoms with Crippen LogP contribution in [0.4, 0.5) is 0 Å². The summed E-state index contributed by atoms with van der Waals surface area (Å²) in [6.45, 7) is 4.14. The quantitative estimate of drug-likeness (QED) is 0.925. The minimum Gasteiger partial charge on any atom is -0.332 e. The number of benzene rings is 1. The Morgan fingerprint density at radius 1 is 1.23 bits per heavy atom. The van der Waals surface area contributed by atoms with Crippen molar-refractivity contribution in [3.8, 4) is 0 Å². The van der Waals surface area contributed by atoms with Crippen LogP contribution in [0.3, 0.4) is 0 Å². The zero-order valence-corrected chi connectivity index (χ0v) is 13.9. The van der Waals surface area contributed by atoms with Crippen molar-refractivity contribution >= 4 is 18.3 Å². The first-order chi connectivity index (χ1) is 10.3. The number of aryl methyl sites for hydroxylation is 1. The van der Waals surface area contributed by atoms with E-state index in [4.69, 9.17) is 0 Å². The number of rotatable bonds is 4. The van der Waals surface area contributed by atoms with Gasteiger partial charge in [0.1, 0.15) is 0 Å². The number of halogens is 1. The van der Waals surface area contributed by atoms with Gasteiger partial charge in [-0.1, -0.05) is 31.2 Å². The highest BCUT2D eigenvalue weighted by Gasteiger charge is 2.43. The second-order valence-corrected chi connectivity index (χ2v) is 6.94. The maximum atomic E-state index is 13.1. The third-order valence-electron chi connectivity index (χ3n) is 5.54. The van der Waals surface area contributed by atoms with Crippen molar-refractivity contribution in [2.45, 2.75) is 44.7 Å².